The molecule has 0 aromatic carbocycles. The third kappa shape index (κ3) is 11.8. The molecule has 0 saturated heterocycles. The molecule has 0 saturated carbocycles. The van der Waals surface area contributed by atoms with Gasteiger partial charge in [-0.1, -0.05) is 0 Å². The minimum Gasteiger partial charge on any atom is -0.480 e. The molecule has 0 aliphatic rings. The highest BCUT2D eigenvalue weighted by atomic mass is 16.6. The van der Waals surface area contributed by atoms with E-state index >= 15 is 0 Å². The molecule has 10 nitrogen and oxygen atoms in total. The van der Waals surface area contributed by atoms with Gasteiger partial charge in [-0.3, -0.25) is 9.79 Å². The van der Waals surface area contributed by atoms with Crippen molar-refractivity contribution >= 4 is 23.9 Å². The summed E-state index contributed by atoms with van der Waals surface area (Å²) in [5, 5.41) is 13.6. The molecule has 132 valence electrons. The van der Waals surface area contributed by atoms with E-state index in [9.17, 15) is 14.4 Å². The van der Waals surface area contributed by atoms with Crippen LogP contribution in [0, 0.1) is 0 Å². The van der Waals surface area contributed by atoms with E-state index in [0.717, 1.165) is 0 Å². The SMILES string of the molecule is CC(C)(C)OC(=O)NCC(=O)N[C@@H](CCCN=C(N)N)C(=O)O. The molecule has 1 atom stereocenters. The van der Waals surface area contributed by atoms with Gasteiger partial charge in [0, 0.05) is 6.54 Å². The summed E-state index contributed by atoms with van der Waals surface area (Å²) in [6.45, 7) is 4.93. The Morgan fingerprint density at radius 2 is 1.87 bits per heavy atom. The molecule has 7 N–H and O–H groups in total. The van der Waals surface area contributed by atoms with Crippen LogP contribution in [0.2, 0.25) is 0 Å². The van der Waals surface area contributed by atoms with Crippen LogP contribution in [0.4, 0.5) is 4.79 Å². The van der Waals surface area contributed by atoms with Crippen molar-refractivity contribution in [2.75, 3.05) is 13.1 Å². The molecule has 0 fully saturated rings. The summed E-state index contributed by atoms with van der Waals surface area (Å²) in [5.41, 5.74) is 9.62. The van der Waals surface area contributed by atoms with Gasteiger partial charge >= 0.3 is 12.1 Å². The molecule has 0 bridgehead atoms. The predicted molar refractivity (Wildman–Crippen MR) is 83.7 cm³/mol. The van der Waals surface area contributed by atoms with E-state index < -0.39 is 29.6 Å². The summed E-state index contributed by atoms with van der Waals surface area (Å²) in [6.07, 6.45) is -0.217. The maximum atomic E-state index is 11.7. The number of rotatable bonds is 8. The Morgan fingerprint density at radius 3 is 2.35 bits per heavy atom. The molecule has 23 heavy (non-hydrogen) atoms. The summed E-state index contributed by atoms with van der Waals surface area (Å²) in [7, 11) is 0. The molecule has 0 spiro atoms. The maximum absolute atomic E-state index is 11.7. The van der Waals surface area contributed by atoms with Gasteiger partial charge in [0.2, 0.25) is 5.91 Å². The fourth-order valence-corrected chi connectivity index (χ4v) is 1.47. The van der Waals surface area contributed by atoms with E-state index in [4.69, 9.17) is 21.3 Å². The molecule has 0 aromatic heterocycles. The van der Waals surface area contributed by atoms with Crippen molar-refractivity contribution < 1.29 is 24.2 Å². The van der Waals surface area contributed by atoms with Crippen LogP contribution in [-0.4, -0.2) is 53.8 Å². The predicted octanol–water partition coefficient (Wildman–Crippen LogP) is -0.866. The molecule has 2 amide bonds. The number of aliphatic carboxylic acids is 1. The highest BCUT2D eigenvalue weighted by molar-refractivity contribution is 5.86. The Balaban J connectivity index is 4.22. The molecule has 0 aliphatic heterocycles. The van der Waals surface area contributed by atoms with E-state index in [2.05, 4.69) is 15.6 Å². The molecular formula is C13H25N5O5. The molecule has 0 rings (SSSR count). The van der Waals surface area contributed by atoms with E-state index in [1.165, 1.54) is 0 Å². The van der Waals surface area contributed by atoms with Crippen LogP contribution >= 0.6 is 0 Å². The van der Waals surface area contributed by atoms with Crippen LogP contribution in [0.3, 0.4) is 0 Å². The third-order valence-corrected chi connectivity index (χ3v) is 2.37. The Labute approximate surface area is 134 Å². The lowest BCUT2D eigenvalue weighted by Gasteiger charge is -2.20. The number of carbonyl (C=O) groups is 3. The largest absolute Gasteiger partial charge is 0.480 e. The molecule has 0 aromatic rings. The second-order valence-electron chi connectivity index (χ2n) is 5.76. The highest BCUT2D eigenvalue weighted by Gasteiger charge is 2.21. The number of guanidine groups is 1. The van der Waals surface area contributed by atoms with Crippen LogP contribution in [0.5, 0.6) is 0 Å². The number of carboxylic acids is 1. The second-order valence-corrected chi connectivity index (χ2v) is 5.76. The number of carbonyl (C=O) groups excluding carboxylic acids is 2. The Kier molecular flexibility index (Phi) is 8.45. The molecule has 0 unspecified atom stereocenters. The highest BCUT2D eigenvalue weighted by Crippen LogP contribution is 2.06. The van der Waals surface area contributed by atoms with Gasteiger partial charge in [0.25, 0.3) is 0 Å². The van der Waals surface area contributed by atoms with Crippen molar-refractivity contribution in [1.29, 1.82) is 0 Å². The number of amides is 2. The van der Waals surface area contributed by atoms with Crippen LogP contribution in [0.1, 0.15) is 33.6 Å². The lowest BCUT2D eigenvalue weighted by molar-refractivity contribution is -0.141. The maximum Gasteiger partial charge on any atom is 0.408 e. The molecule has 0 heterocycles. The topological polar surface area (TPSA) is 169 Å². The minimum atomic E-state index is -1.18. The van der Waals surface area contributed by atoms with Crippen LogP contribution in [-0.2, 0) is 14.3 Å². The zero-order valence-corrected chi connectivity index (χ0v) is 13.6. The lowest BCUT2D eigenvalue weighted by atomic mass is 10.1. The number of hydrogen-bond acceptors (Lipinski definition) is 5. The summed E-state index contributed by atoms with van der Waals surface area (Å²) in [4.78, 5) is 37.8. The second kappa shape index (κ2) is 9.49. The van der Waals surface area contributed by atoms with Crippen LogP contribution in [0.15, 0.2) is 4.99 Å². The summed E-state index contributed by atoms with van der Waals surface area (Å²) in [5.74, 6) is -1.90. The van der Waals surface area contributed by atoms with Crippen molar-refractivity contribution in [3.63, 3.8) is 0 Å². The van der Waals surface area contributed by atoms with Gasteiger partial charge < -0.3 is 31.9 Å². The average Bonchev–Trinajstić information content (AvgIpc) is 2.37. The Bertz CT molecular complexity index is 454. The number of nitrogens with zero attached hydrogens (tertiary/aromatic N) is 1. The van der Waals surface area contributed by atoms with Gasteiger partial charge in [-0.25, -0.2) is 9.59 Å². The lowest BCUT2D eigenvalue weighted by Crippen LogP contribution is -2.46. The number of hydrogen-bond donors (Lipinski definition) is 5. The number of carboxylic acid groups (broad SMARTS) is 1. The van der Waals surface area contributed by atoms with Crippen molar-refractivity contribution in [2.24, 2.45) is 16.5 Å². The molecular weight excluding hydrogens is 306 g/mol. The standard InChI is InChI=1S/C13H25N5O5/c1-13(2,3)23-12(22)17-7-9(19)18-8(10(20)21)5-4-6-16-11(14)15/h8H,4-7H2,1-3H3,(H,17,22)(H,18,19)(H,20,21)(H4,14,15,16)/t8-/m0/s1. The zero-order chi connectivity index (χ0) is 18.0. The third-order valence-electron chi connectivity index (χ3n) is 2.37. The summed E-state index contributed by atoms with van der Waals surface area (Å²) < 4.78 is 4.96. The first-order valence-electron chi connectivity index (χ1n) is 7.05. The first kappa shape index (κ1) is 20.5. The zero-order valence-electron chi connectivity index (χ0n) is 13.6. The molecule has 0 radical (unpaired) electrons. The first-order chi connectivity index (χ1) is 10.5. The van der Waals surface area contributed by atoms with Gasteiger partial charge in [-0.2, -0.15) is 0 Å². The molecule has 0 aliphatic carbocycles. The van der Waals surface area contributed by atoms with E-state index in [0.29, 0.717) is 6.42 Å². The number of alkyl carbamates (subject to hydrolysis) is 1. The van der Waals surface area contributed by atoms with Crippen molar-refractivity contribution in [1.82, 2.24) is 10.6 Å². The normalized spacial score (nSPS) is 12.0. The average molecular weight is 331 g/mol. The number of nitrogens with one attached hydrogen (secondary N) is 2. The number of nitrogens with two attached hydrogens (primary N) is 2. The van der Waals surface area contributed by atoms with E-state index in [1.807, 2.05) is 0 Å². The fourth-order valence-electron chi connectivity index (χ4n) is 1.47. The van der Waals surface area contributed by atoms with Crippen molar-refractivity contribution in [2.45, 2.75) is 45.3 Å². The van der Waals surface area contributed by atoms with Gasteiger partial charge in [0.05, 0.1) is 0 Å². The monoisotopic (exact) mass is 331 g/mol. The quantitative estimate of drug-likeness (QED) is 0.219. The van der Waals surface area contributed by atoms with Crippen molar-refractivity contribution in [3.05, 3.63) is 0 Å². The van der Waals surface area contributed by atoms with Gasteiger partial charge in [-0.15, -0.1) is 0 Å². The van der Waals surface area contributed by atoms with Crippen LogP contribution < -0.4 is 22.1 Å². The van der Waals surface area contributed by atoms with E-state index in [1.54, 1.807) is 20.8 Å². The Hall–Kier alpha value is -2.52. The smallest absolute Gasteiger partial charge is 0.408 e. The van der Waals surface area contributed by atoms with Gasteiger partial charge in [0.15, 0.2) is 5.96 Å². The van der Waals surface area contributed by atoms with Crippen molar-refractivity contribution in [3.8, 4) is 0 Å². The summed E-state index contributed by atoms with van der Waals surface area (Å²) >= 11 is 0. The summed E-state index contributed by atoms with van der Waals surface area (Å²) in [6, 6.07) is -1.09. The first-order valence-corrected chi connectivity index (χ1v) is 7.05. The Morgan fingerprint density at radius 1 is 1.26 bits per heavy atom. The van der Waals surface area contributed by atoms with Gasteiger partial charge in [-0.05, 0) is 33.6 Å². The fraction of sp³-hybridized carbons (Fsp3) is 0.692. The number of ether oxygens (including phenoxy) is 1. The van der Waals surface area contributed by atoms with Crippen LogP contribution in [0.25, 0.3) is 0 Å². The van der Waals surface area contributed by atoms with Gasteiger partial charge in [0.1, 0.15) is 18.2 Å². The number of aliphatic imine (C=N–C) groups is 1. The minimum absolute atomic E-state index is 0.0810. The van der Waals surface area contributed by atoms with E-state index in [-0.39, 0.29) is 25.5 Å². The molecule has 10 heteroatoms.